The van der Waals surface area contributed by atoms with Crippen LogP contribution in [0.5, 0.6) is 5.75 Å². The predicted octanol–water partition coefficient (Wildman–Crippen LogP) is 4.05. The number of amides is 2. The molecule has 1 aromatic carbocycles. The van der Waals surface area contributed by atoms with Crippen LogP contribution >= 0.6 is 0 Å². The molecule has 0 radical (unpaired) electrons. The predicted molar refractivity (Wildman–Crippen MR) is 111 cm³/mol. The van der Waals surface area contributed by atoms with Crippen LogP contribution in [0.25, 0.3) is 11.0 Å². The highest BCUT2D eigenvalue weighted by molar-refractivity contribution is 6.07. The number of likely N-dealkylation sites (tertiary alicyclic amines) is 1. The molecule has 0 atom stereocenters. The molecule has 156 valence electrons. The Morgan fingerprint density at radius 1 is 1.10 bits per heavy atom. The number of carbonyl (C=O) groups is 2. The van der Waals surface area contributed by atoms with E-state index in [-0.39, 0.29) is 23.8 Å². The van der Waals surface area contributed by atoms with Crippen molar-refractivity contribution in [1.29, 1.82) is 0 Å². The smallest absolute Gasteiger partial charge is 0.258 e. The lowest BCUT2D eigenvalue weighted by Gasteiger charge is -2.33. The Morgan fingerprint density at radius 2 is 1.83 bits per heavy atom. The Kier molecular flexibility index (Phi) is 5.79. The topological polar surface area (TPSA) is 71.8 Å². The second-order valence-corrected chi connectivity index (χ2v) is 8.31. The van der Waals surface area contributed by atoms with Crippen molar-refractivity contribution in [2.24, 2.45) is 5.92 Å². The Morgan fingerprint density at radius 3 is 2.52 bits per heavy atom. The summed E-state index contributed by atoms with van der Waals surface area (Å²) in [6.45, 7) is 3.12. The number of hydrogen-bond donors (Lipinski definition) is 1. The van der Waals surface area contributed by atoms with E-state index in [4.69, 9.17) is 9.15 Å². The van der Waals surface area contributed by atoms with E-state index in [0.29, 0.717) is 35.7 Å². The zero-order valence-corrected chi connectivity index (χ0v) is 17.3. The second kappa shape index (κ2) is 8.47. The summed E-state index contributed by atoms with van der Waals surface area (Å²) in [6, 6.07) is 5.69. The third-order valence-corrected chi connectivity index (χ3v) is 6.39. The molecular formula is C23H30N2O4. The summed E-state index contributed by atoms with van der Waals surface area (Å²) in [5.74, 6) is 1.71. The van der Waals surface area contributed by atoms with E-state index in [0.717, 1.165) is 43.9 Å². The normalized spacial score (nSPS) is 18.8. The van der Waals surface area contributed by atoms with E-state index in [1.165, 1.54) is 6.42 Å². The zero-order valence-electron chi connectivity index (χ0n) is 17.3. The van der Waals surface area contributed by atoms with Crippen molar-refractivity contribution in [1.82, 2.24) is 10.2 Å². The molecule has 2 aromatic rings. The highest BCUT2D eigenvalue weighted by atomic mass is 16.5. The molecule has 1 aliphatic carbocycles. The number of nitrogens with zero attached hydrogens (tertiary/aromatic N) is 1. The maximum Gasteiger partial charge on any atom is 0.258 e. The van der Waals surface area contributed by atoms with E-state index in [1.54, 1.807) is 7.11 Å². The van der Waals surface area contributed by atoms with Crippen LogP contribution in [0.3, 0.4) is 0 Å². The van der Waals surface area contributed by atoms with Gasteiger partial charge in [0.15, 0.2) is 0 Å². The average Bonchev–Trinajstić information content (AvgIpc) is 3.09. The summed E-state index contributed by atoms with van der Waals surface area (Å²) in [5.41, 5.74) is 1.31. The van der Waals surface area contributed by atoms with E-state index in [1.807, 2.05) is 30.0 Å². The second-order valence-electron chi connectivity index (χ2n) is 8.31. The van der Waals surface area contributed by atoms with Gasteiger partial charge >= 0.3 is 0 Å². The molecule has 0 bridgehead atoms. The van der Waals surface area contributed by atoms with Crippen molar-refractivity contribution in [2.75, 3.05) is 20.2 Å². The molecule has 1 saturated carbocycles. The first kappa shape index (κ1) is 19.8. The van der Waals surface area contributed by atoms with Crippen molar-refractivity contribution < 1.29 is 18.7 Å². The maximum atomic E-state index is 13.2. The third kappa shape index (κ3) is 4.11. The van der Waals surface area contributed by atoms with E-state index in [2.05, 4.69) is 5.32 Å². The molecule has 0 spiro atoms. The third-order valence-electron chi connectivity index (χ3n) is 6.39. The van der Waals surface area contributed by atoms with Gasteiger partial charge in [-0.25, -0.2) is 0 Å². The summed E-state index contributed by atoms with van der Waals surface area (Å²) >= 11 is 0. The van der Waals surface area contributed by atoms with Crippen LogP contribution in [0.2, 0.25) is 0 Å². The summed E-state index contributed by atoms with van der Waals surface area (Å²) < 4.78 is 11.1. The molecule has 1 aromatic heterocycles. The van der Waals surface area contributed by atoms with Crippen molar-refractivity contribution in [3.8, 4) is 5.75 Å². The van der Waals surface area contributed by atoms with Crippen LogP contribution in [0.1, 0.15) is 61.1 Å². The molecule has 1 aliphatic heterocycles. The Hall–Kier alpha value is -2.50. The van der Waals surface area contributed by atoms with Gasteiger partial charge in [-0.05, 0) is 50.8 Å². The molecule has 29 heavy (non-hydrogen) atoms. The molecule has 4 rings (SSSR count). The lowest BCUT2D eigenvalue weighted by molar-refractivity contribution is -0.126. The molecule has 2 fully saturated rings. The van der Waals surface area contributed by atoms with Crippen LogP contribution in [-0.4, -0.2) is 43.0 Å². The van der Waals surface area contributed by atoms with Crippen LogP contribution in [-0.2, 0) is 4.79 Å². The van der Waals surface area contributed by atoms with E-state index in [9.17, 15) is 9.59 Å². The fourth-order valence-electron chi connectivity index (χ4n) is 4.66. The minimum atomic E-state index is -0.00781. The number of furan rings is 1. The van der Waals surface area contributed by atoms with Crippen molar-refractivity contribution >= 4 is 22.8 Å². The highest BCUT2D eigenvalue weighted by Gasteiger charge is 2.30. The van der Waals surface area contributed by atoms with Crippen molar-refractivity contribution in [2.45, 2.75) is 57.9 Å². The molecule has 2 heterocycles. The Bertz CT molecular complexity index is 890. The lowest BCUT2D eigenvalue weighted by Crippen LogP contribution is -2.48. The van der Waals surface area contributed by atoms with Crippen molar-refractivity contribution in [3.05, 3.63) is 29.5 Å². The molecule has 0 unspecified atom stereocenters. The Balaban J connectivity index is 1.40. The number of aryl methyl sites for hydroxylation is 1. The molecule has 1 N–H and O–H groups in total. The first-order valence-electron chi connectivity index (χ1n) is 10.7. The van der Waals surface area contributed by atoms with Gasteiger partial charge in [0.2, 0.25) is 5.91 Å². The zero-order chi connectivity index (χ0) is 20.4. The minimum Gasteiger partial charge on any atom is -0.497 e. The average molecular weight is 399 g/mol. The number of methoxy groups -OCH3 is 1. The van der Waals surface area contributed by atoms with Crippen LogP contribution in [0, 0.1) is 12.8 Å². The number of fused-ring (bicyclic) bond motifs is 1. The summed E-state index contributed by atoms with van der Waals surface area (Å²) in [5, 5.41) is 4.02. The lowest BCUT2D eigenvalue weighted by atomic mass is 9.88. The SMILES string of the molecule is COc1ccc2oc(C)c(C(=O)N3CCC(NC(=O)C4CCCCC4)CC3)c2c1. The number of ether oxygens (including phenoxy) is 1. The molecule has 6 nitrogen and oxygen atoms in total. The number of piperidine rings is 1. The van der Waals surface area contributed by atoms with Crippen LogP contribution in [0.15, 0.2) is 22.6 Å². The van der Waals surface area contributed by atoms with Crippen molar-refractivity contribution in [3.63, 3.8) is 0 Å². The maximum absolute atomic E-state index is 13.2. The van der Waals surface area contributed by atoms with Gasteiger partial charge in [0.25, 0.3) is 5.91 Å². The largest absolute Gasteiger partial charge is 0.497 e. The molecule has 6 heteroatoms. The fraction of sp³-hybridized carbons (Fsp3) is 0.565. The first-order chi connectivity index (χ1) is 14.1. The van der Waals surface area contributed by atoms with E-state index < -0.39 is 0 Å². The monoisotopic (exact) mass is 398 g/mol. The number of nitrogens with one attached hydrogen (secondary N) is 1. The molecular weight excluding hydrogens is 368 g/mol. The highest BCUT2D eigenvalue weighted by Crippen LogP contribution is 2.31. The van der Waals surface area contributed by atoms with Crippen LogP contribution in [0.4, 0.5) is 0 Å². The summed E-state index contributed by atoms with van der Waals surface area (Å²) in [4.78, 5) is 27.6. The number of benzene rings is 1. The van der Waals surface area contributed by atoms with Gasteiger partial charge < -0.3 is 19.4 Å². The minimum absolute atomic E-state index is 0.00781. The quantitative estimate of drug-likeness (QED) is 0.843. The Labute approximate surface area is 171 Å². The number of rotatable bonds is 4. The van der Waals surface area contributed by atoms with Gasteiger partial charge in [-0.2, -0.15) is 0 Å². The standard InChI is InChI=1S/C23H30N2O4/c1-15-21(19-14-18(28-2)8-9-20(19)29-15)23(27)25-12-10-17(11-13-25)24-22(26)16-6-4-3-5-7-16/h8-9,14,16-17H,3-7,10-13H2,1-2H3,(H,24,26). The number of hydrogen-bond acceptors (Lipinski definition) is 4. The molecule has 1 saturated heterocycles. The fourth-order valence-corrected chi connectivity index (χ4v) is 4.66. The first-order valence-corrected chi connectivity index (χ1v) is 10.7. The van der Waals surface area contributed by atoms with Gasteiger partial charge in [0.1, 0.15) is 17.1 Å². The number of carbonyl (C=O) groups excluding carboxylic acids is 2. The molecule has 2 aliphatic rings. The summed E-state index contributed by atoms with van der Waals surface area (Å²) in [6.07, 6.45) is 7.18. The van der Waals surface area contributed by atoms with Gasteiger partial charge in [0, 0.05) is 30.4 Å². The van der Waals surface area contributed by atoms with E-state index >= 15 is 0 Å². The summed E-state index contributed by atoms with van der Waals surface area (Å²) in [7, 11) is 1.61. The van der Waals surface area contributed by atoms with Gasteiger partial charge in [-0.3, -0.25) is 9.59 Å². The van der Waals surface area contributed by atoms with Gasteiger partial charge in [0.05, 0.1) is 12.7 Å². The van der Waals surface area contributed by atoms with Gasteiger partial charge in [-0.15, -0.1) is 0 Å². The molecule has 2 amide bonds. The van der Waals surface area contributed by atoms with Gasteiger partial charge in [-0.1, -0.05) is 19.3 Å². The van der Waals surface area contributed by atoms with Crippen LogP contribution < -0.4 is 10.1 Å².